The Bertz CT molecular complexity index is 455. The fourth-order valence-corrected chi connectivity index (χ4v) is 4.25. The summed E-state index contributed by atoms with van der Waals surface area (Å²) in [4.78, 5) is 23.6. The van der Waals surface area contributed by atoms with Gasteiger partial charge in [-0.15, -0.1) is 0 Å². The Morgan fingerprint density at radius 2 is 1.31 bits per heavy atom. The van der Waals surface area contributed by atoms with Crippen molar-refractivity contribution in [1.82, 2.24) is 0 Å². The molecule has 3 nitrogen and oxygen atoms in total. The standard InChI is InChI=1S/C26H46O3/c1-3-5-7-9-11-13-15-17-19-21-23(24-22-25(27)29-26(24)28)20-18-16-14-12-10-8-6-4-2/h18,20,23-24H,3-17,19,21-22H2,1-2H3/b20-18+. The number of cyclic esters (lactones) is 2. The third kappa shape index (κ3) is 12.9. The third-order valence-electron chi connectivity index (χ3n) is 6.17. The van der Waals surface area contributed by atoms with Gasteiger partial charge in [0.1, 0.15) is 0 Å². The van der Waals surface area contributed by atoms with Crippen molar-refractivity contribution in [3.63, 3.8) is 0 Å². The number of allylic oxidation sites excluding steroid dienone is 2. The highest BCUT2D eigenvalue weighted by Crippen LogP contribution is 2.30. The molecule has 29 heavy (non-hydrogen) atoms. The molecule has 1 fully saturated rings. The maximum Gasteiger partial charge on any atom is 0.317 e. The van der Waals surface area contributed by atoms with Crippen LogP contribution in [-0.4, -0.2) is 11.9 Å². The Morgan fingerprint density at radius 3 is 1.83 bits per heavy atom. The van der Waals surface area contributed by atoms with Gasteiger partial charge in [0, 0.05) is 0 Å². The van der Waals surface area contributed by atoms with E-state index in [1.54, 1.807) is 0 Å². The Kier molecular flexibility index (Phi) is 15.8. The number of hydrogen-bond acceptors (Lipinski definition) is 3. The van der Waals surface area contributed by atoms with Gasteiger partial charge in [-0.05, 0) is 25.2 Å². The lowest BCUT2D eigenvalue weighted by Crippen LogP contribution is -2.18. The molecule has 1 saturated heterocycles. The molecule has 0 aromatic heterocycles. The van der Waals surface area contributed by atoms with Gasteiger partial charge in [0.2, 0.25) is 0 Å². The number of rotatable bonds is 19. The van der Waals surface area contributed by atoms with Gasteiger partial charge in [0.25, 0.3) is 0 Å². The highest BCUT2D eigenvalue weighted by atomic mass is 16.6. The zero-order valence-electron chi connectivity index (χ0n) is 19.3. The summed E-state index contributed by atoms with van der Waals surface area (Å²) in [5, 5.41) is 0. The minimum atomic E-state index is -0.346. The molecule has 0 aliphatic carbocycles. The van der Waals surface area contributed by atoms with Gasteiger partial charge in [-0.1, -0.05) is 116 Å². The van der Waals surface area contributed by atoms with Crippen molar-refractivity contribution in [2.75, 3.05) is 0 Å². The largest absolute Gasteiger partial charge is 0.393 e. The first-order valence-corrected chi connectivity index (χ1v) is 12.6. The molecule has 1 aliphatic rings. The summed E-state index contributed by atoms with van der Waals surface area (Å²) in [7, 11) is 0. The number of carbonyl (C=O) groups excluding carboxylic acids is 2. The first-order chi connectivity index (χ1) is 14.2. The highest BCUT2D eigenvalue weighted by molar-refractivity contribution is 5.94. The minimum Gasteiger partial charge on any atom is -0.393 e. The van der Waals surface area contributed by atoms with Gasteiger partial charge in [0.15, 0.2) is 0 Å². The lowest BCUT2D eigenvalue weighted by atomic mass is 9.85. The summed E-state index contributed by atoms with van der Waals surface area (Å²) >= 11 is 0. The molecule has 0 radical (unpaired) electrons. The first-order valence-electron chi connectivity index (χ1n) is 12.6. The average Bonchev–Trinajstić information content (AvgIpc) is 3.05. The average molecular weight is 407 g/mol. The van der Waals surface area contributed by atoms with Crippen molar-refractivity contribution in [2.24, 2.45) is 11.8 Å². The Labute approximate surface area is 180 Å². The first kappa shape index (κ1) is 25.9. The molecule has 2 unspecified atom stereocenters. The van der Waals surface area contributed by atoms with E-state index in [0.29, 0.717) is 0 Å². The smallest absolute Gasteiger partial charge is 0.317 e. The molecule has 0 N–H and O–H groups in total. The molecule has 2 atom stereocenters. The molecule has 0 spiro atoms. The number of ether oxygens (including phenoxy) is 1. The van der Waals surface area contributed by atoms with E-state index in [-0.39, 0.29) is 30.2 Å². The van der Waals surface area contributed by atoms with E-state index in [0.717, 1.165) is 19.3 Å². The van der Waals surface area contributed by atoms with Gasteiger partial charge in [-0.3, -0.25) is 9.59 Å². The van der Waals surface area contributed by atoms with E-state index in [1.807, 2.05) is 0 Å². The quantitative estimate of drug-likeness (QED) is 0.0946. The van der Waals surface area contributed by atoms with Crippen LogP contribution >= 0.6 is 0 Å². The van der Waals surface area contributed by atoms with E-state index in [2.05, 4.69) is 26.0 Å². The van der Waals surface area contributed by atoms with Gasteiger partial charge < -0.3 is 4.74 Å². The van der Waals surface area contributed by atoms with Gasteiger partial charge in [0.05, 0.1) is 12.3 Å². The zero-order chi connectivity index (χ0) is 21.2. The molecule has 168 valence electrons. The number of hydrogen-bond donors (Lipinski definition) is 0. The number of carbonyl (C=O) groups is 2. The van der Waals surface area contributed by atoms with Crippen LogP contribution in [0.4, 0.5) is 0 Å². The van der Waals surface area contributed by atoms with Crippen LogP contribution < -0.4 is 0 Å². The van der Waals surface area contributed by atoms with Crippen molar-refractivity contribution >= 4 is 11.9 Å². The topological polar surface area (TPSA) is 43.4 Å². The lowest BCUT2D eigenvalue weighted by Gasteiger charge is -2.16. The third-order valence-corrected chi connectivity index (χ3v) is 6.17. The molecular weight excluding hydrogens is 360 g/mol. The van der Waals surface area contributed by atoms with Gasteiger partial charge in [-0.25, -0.2) is 0 Å². The lowest BCUT2D eigenvalue weighted by molar-refractivity contribution is -0.153. The predicted molar refractivity (Wildman–Crippen MR) is 122 cm³/mol. The zero-order valence-corrected chi connectivity index (χ0v) is 19.3. The van der Waals surface area contributed by atoms with Crippen LogP contribution in [-0.2, 0) is 14.3 Å². The molecule has 0 saturated carbocycles. The van der Waals surface area contributed by atoms with Crippen molar-refractivity contribution in [1.29, 1.82) is 0 Å². The SMILES string of the molecule is CCCCCCCC/C=C/C(CCCCCCCCCCC)C1CC(=O)OC1=O. The Hall–Kier alpha value is -1.12. The molecule has 0 aromatic rings. The van der Waals surface area contributed by atoms with Crippen LogP contribution in [0, 0.1) is 11.8 Å². The molecule has 0 aromatic carbocycles. The van der Waals surface area contributed by atoms with Crippen LogP contribution in [0.2, 0.25) is 0 Å². The van der Waals surface area contributed by atoms with Crippen LogP contribution in [0.15, 0.2) is 12.2 Å². The van der Waals surface area contributed by atoms with Gasteiger partial charge >= 0.3 is 11.9 Å². The molecular formula is C26H46O3. The molecule has 0 bridgehead atoms. The van der Waals surface area contributed by atoms with E-state index in [1.165, 1.54) is 89.9 Å². The van der Waals surface area contributed by atoms with Crippen LogP contribution in [0.25, 0.3) is 0 Å². The number of unbranched alkanes of at least 4 members (excludes halogenated alkanes) is 14. The second-order valence-corrected chi connectivity index (χ2v) is 8.87. The van der Waals surface area contributed by atoms with E-state index >= 15 is 0 Å². The fraction of sp³-hybridized carbons (Fsp3) is 0.846. The molecule has 1 heterocycles. The monoisotopic (exact) mass is 406 g/mol. The highest BCUT2D eigenvalue weighted by Gasteiger charge is 2.37. The summed E-state index contributed by atoms with van der Waals surface area (Å²) in [6, 6.07) is 0. The van der Waals surface area contributed by atoms with Crippen LogP contribution in [0.5, 0.6) is 0 Å². The fourth-order valence-electron chi connectivity index (χ4n) is 4.25. The maximum atomic E-state index is 12.0. The summed E-state index contributed by atoms with van der Waals surface area (Å²) in [5.74, 6) is -0.738. The van der Waals surface area contributed by atoms with Crippen molar-refractivity contribution in [3.8, 4) is 0 Å². The van der Waals surface area contributed by atoms with E-state index in [9.17, 15) is 9.59 Å². The van der Waals surface area contributed by atoms with Gasteiger partial charge in [-0.2, -0.15) is 0 Å². The summed E-state index contributed by atoms with van der Waals surface area (Å²) in [6.45, 7) is 4.50. The van der Waals surface area contributed by atoms with Crippen molar-refractivity contribution in [3.05, 3.63) is 12.2 Å². The van der Waals surface area contributed by atoms with Crippen LogP contribution in [0.3, 0.4) is 0 Å². The summed E-state index contributed by atoms with van der Waals surface area (Å²) in [6.07, 6.45) is 26.3. The van der Waals surface area contributed by atoms with Crippen LogP contribution in [0.1, 0.15) is 129 Å². The van der Waals surface area contributed by atoms with Crippen molar-refractivity contribution in [2.45, 2.75) is 129 Å². The second-order valence-electron chi connectivity index (χ2n) is 8.87. The van der Waals surface area contributed by atoms with Crippen molar-refractivity contribution < 1.29 is 14.3 Å². The predicted octanol–water partition coefficient (Wildman–Crippen LogP) is 7.92. The van der Waals surface area contributed by atoms with E-state index in [4.69, 9.17) is 4.74 Å². The second kappa shape index (κ2) is 17.7. The number of esters is 2. The minimum absolute atomic E-state index is 0.165. The molecule has 1 rings (SSSR count). The van der Waals surface area contributed by atoms with E-state index < -0.39 is 0 Å². The molecule has 1 aliphatic heterocycles. The summed E-state index contributed by atoms with van der Waals surface area (Å²) in [5.41, 5.74) is 0. The molecule has 0 amide bonds. The Morgan fingerprint density at radius 1 is 0.793 bits per heavy atom. The maximum absolute atomic E-state index is 12.0. The summed E-state index contributed by atoms with van der Waals surface area (Å²) < 4.78 is 4.82. The Balaban J connectivity index is 2.27. The molecule has 3 heteroatoms. The normalized spacial score (nSPS) is 17.9.